The largest absolute Gasteiger partial charge is 0.144 e. The highest BCUT2D eigenvalue weighted by Crippen LogP contribution is 2.28. The number of aryl methyl sites for hydroxylation is 1. The third kappa shape index (κ3) is 9.39. The van der Waals surface area contributed by atoms with Crippen LogP contribution in [0.25, 0.3) is 0 Å². The molecule has 30 heavy (non-hydrogen) atoms. The number of allylic oxidation sites excluding steroid dienone is 6. The fourth-order valence-corrected chi connectivity index (χ4v) is 4.12. The van der Waals surface area contributed by atoms with Crippen LogP contribution >= 0.6 is 12.6 Å². The van der Waals surface area contributed by atoms with Gasteiger partial charge in [0.1, 0.15) is 0 Å². The number of benzene rings is 1. The average molecular weight is 423 g/mol. The van der Waals surface area contributed by atoms with Crippen LogP contribution in [-0.2, 0) is 0 Å². The van der Waals surface area contributed by atoms with Crippen LogP contribution in [0.5, 0.6) is 0 Å². The first kappa shape index (κ1) is 26.3. The summed E-state index contributed by atoms with van der Waals surface area (Å²) in [5, 5.41) is 0. The topological polar surface area (TPSA) is 0 Å². The highest BCUT2D eigenvalue weighted by atomic mass is 32.1. The average Bonchev–Trinajstić information content (AvgIpc) is 2.69. The molecule has 0 aliphatic heterocycles. The molecule has 0 bridgehead atoms. The molecule has 0 radical (unpaired) electrons. The lowest BCUT2D eigenvalue weighted by Gasteiger charge is -2.18. The van der Waals surface area contributed by atoms with Crippen molar-refractivity contribution >= 4 is 12.6 Å². The fourth-order valence-electron chi connectivity index (χ4n) is 3.92. The summed E-state index contributed by atoms with van der Waals surface area (Å²) in [7, 11) is 0. The molecule has 1 rings (SSSR count). The highest BCUT2D eigenvalue weighted by molar-refractivity contribution is 7.84. The maximum Gasteiger partial charge on any atom is -0.00229 e. The maximum atomic E-state index is 4.34. The second-order valence-corrected chi connectivity index (χ2v) is 9.41. The lowest BCUT2D eigenvalue weighted by atomic mass is 9.88. The molecular formula is C29H42S. The van der Waals surface area contributed by atoms with Crippen molar-refractivity contribution in [2.75, 3.05) is 0 Å². The molecule has 0 aromatic heterocycles. The van der Waals surface area contributed by atoms with Gasteiger partial charge in [0.2, 0.25) is 0 Å². The van der Waals surface area contributed by atoms with E-state index >= 15 is 0 Å². The Morgan fingerprint density at radius 1 is 1.03 bits per heavy atom. The van der Waals surface area contributed by atoms with Crippen LogP contribution < -0.4 is 0 Å². The summed E-state index contributed by atoms with van der Waals surface area (Å²) in [6, 6.07) is 8.91. The van der Waals surface area contributed by atoms with Gasteiger partial charge < -0.3 is 0 Å². The van der Waals surface area contributed by atoms with Gasteiger partial charge in [-0.3, -0.25) is 0 Å². The summed E-state index contributed by atoms with van der Waals surface area (Å²) in [6.45, 7) is 23.3. The van der Waals surface area contributed by atoms with Crippen molar-refractivity contribution in [3.8, 4) is 0 Å². The Hall–Kier alpha value is -1.73. The second-order valence-electron chi connectivity index (χ2n) is 8.83. The van der Waals surface area contributed by atoms with E-state index in [2.05, 4.69) is 97.3 Å². The Morgan fingerprint density at radius 2 is 1.67 bits per heavy atom. The van der Waals surface area contributed by atoms with Crippen LogP contribution in [0.1, 0.15) is 83.3 Å². The second kappa shape index (κ2) is 13.5. The van der Waals surface area contributed by atoms with Crippen molar-refractivity contribution in [1.82, 2.24) is 0 Å². The van der Waals surface area contributed by atoms with E-state index in [1.807, 2.05) is 6.08 Å². The molecule has 0 amide bonds. The summed E-state index contributed by atoms with van der Waals surface area (Å²) in [5.41, 5.74) is 8.08. The van der Waals surface area contributed by atoms with Gasteiger partial charge in [-0.05, 0) is 92.9 Å². The molecule has 0 aliphatic carbocycles. The van der Waals surface area contributed by atoms with Crippen molar-refractivity contribution in [1.29, 1.82) is 0 Å². The number of unbranched alkanes of at least 4 members (excludes halogenated alkanes) is 2. The molecule has 1 aromatic carbocycles. The molecule has 0 heterocycles. The van der Waals surface area contributed by atoms with Gasteiger partial charge in [0.15, 0.2) is 0 Å². The zero-order chi connectivity index (χ0) is 22.7. The highest BCUT2D eigenvalue weighted by Gasteiger charge is 2.11. The molecule has 0 N–H and O–H groups in total. The molecule has 2 atom stereocenters. The van der Waals surface area contributed by atoms with E-state index in [1.165, 1.54) is 52.7 Å². The molecule has 164 valence electrons. The normalized spacial score (nSPS) is 14.7. The third-order valence-electron chi connectivity index (χ3n) is 6.19. The Labute approximate surface area is 192 Å². The van der Waals surface area contributed by atoms with Gasteiger partial charge in [0.05, 0.1) is 0 Å². The lowest BCUT2D eigenvalue weighted by Crippen LogP contribution is -2.02. The fraction of sp³-hybridized carbons (Fsp3) is 0.448. The summed E-state index contributed by atoms with van der Waals surface area (Å²) in [4.78, 5) is 0.798. The van der Waals surface area contributed by atoms with Crippen LogP contribution in [-0.4, -0.2) is 0 Å². The van der Waals surface area contributed by atoms with Crippen LogP contribution in [0.4, 0.5) is 0 Å². The molecule has 0 saturated carbocycles. The third-order valence-corrected chi connectivity index (χ3v) is 6.32. The maximum absolute atomic E-state index is 4.34. The van der Waals surface area contributed by atoms with E-state index in [0.717, 1.165) is 24.2 Å². The first-order valence-electron chi connectivity index (χ1n) is 11.2. The van der Waals surface area contributed by atoms with Gasteiger partial charge in [-0.15, -0.1) is 19.2 Å². The van der Waals surface area contributed by atoms with Crippen LogP contribution in [0.15, 0.2) is 83.4 Å². The molecule has 1 heteroatoms. The summed E-state index contributed by atoms with van der Waals surface area (Å²) < 4.78 is 0. The minimum Gasteiger partial charge on any atom is -0.144 e. The number of hydrogen-bond acceptors (Lipinski definition) is 1. The van der Waals surface area contributed by atoms with Gasteiger partial charge in [0, 0.05) is 0 Å². The molecule has 0 saturated heterocycles. The molecule has 0 fully saturated rings. The van der Waals surface area contributed by atoms with Crippen LogP contribution in [0.2, 0.25) is 0 Å². The van der Waals surface area contributed by atoms with Gasteiger partial charge in [0.25, 0.3) is 0 Å². The van der Waals surface area contributed by atoms with Crippen LogP contribution in [0, 0.1) is 12.8 Å². The SMILES string of the molecule is C=CC(CCCCCC(=C)CC(C)c1ccc(C)cc1)/C(C)=C(C)/C(C)=C\C(=C)S. The molecule has 0 aliphatic rings. The smallest absolute Gasteiger partial charge is 0.00229 e. The zero-order valence-corrected chi connectivity index (χ0v) is 20.8. The standard InChI is InChI=1S/C29H42S/c1-9-28(27(8)26(7)23(4)20-25(6)30)14-12-10-11-13-22(3)19-24(5)29-17-15-21(2)16-18-29/h9,15-18,20,24,28,30H,1,3,6,10-14,19H2,2,4-5,7-8H3/b23-20-,27-26+. The minimum atomic E-state index is 0.436. The quantitative estimate of drug-likeness (QED) is 0.139. The summed E-state index contributed by atoms with van der Waals surface area (Å²) >= 11 is 4.30. The number of thiol groups is 1. The monoisotopic (exact) mass is 422 g/mol. The Morgan fingerprint density at radius 3 is 2.23 bits per heavy atom. The molecular weight excluding hydrogens is 380 g/mol. The van der Waals surface area contributed by atoms with Crippen molar-refractivity contribution < 1.29 is 0 Å². The summed E-state index contributed by atoms with van der Waals surface area (Å²) in [6.07, 6.45) is 11.2. The molecule has 0 nitrogen and oxygen atoms in total. The molecule has 2 unspecified atom stereocenters. The van der Waals surface area contributed by atoms with E-state index in [0.29, 0.717) is 11.8 Å². The van der Waals surface area contributed by atoms with Gasteiger partial charge in [-0.25, -0.2) is 0 Å². The van der Waals surface area contributed by atoms with E-state index in [9.17, 15) is 0 Å². The van der Waals surface area contributed by atoms with Gasteiger partial charge in [-0.1, -0.05) is 80.0 Å². The first-order valence-corrected chi connectivity index (χ1v) is 11.7. The minimum absolute atomic E-state index is 0.436. The zero-order valence-electron chi connectivity index (χ0n) is 19.9. The van der Waals surface area contributed by atoms with Gasteiger partial charge >= 0.3 is 0 Å². The van der Waals surface area contributed by atoms with E-state index in [4.69, 9.17) is 0 Å². The Kier molecular flexibility index (Phi) is 11.9. The summed E-state index contributed by atoms with van der Waals surface area (Å²) in [5.74, 6) is 0.981. The molecule has 1 aromatic rings. The first-order chi connectivity index (χ1) is 14.1. The predicted molar refractivity (Wildman–Crippen MR) is 140 cm³/mol. The Bertz CT molecular complexity index is 773. The van der Waals surface area contributed by atoms with Crippen molar-refractivity contribution in [2.45, 2.75) is 79.1 Å². The molecule has 0 spiro atoms. The van der Waals surface area contributed by atoms with Crippen molar-refractivity contribution in [2.24, 2.45) is 5.92 Å². The van der Waals surface area contributed by atoms with E-state index < -0.39 is 0 Å². The van der Waals surface area contributed by atoms with Gasteiger partial charge in [-0.2, -0.15) is 0 Å². The van der Waals surface area contributed by atoms with Crippen molar-refractivity contribution in [3.63, 3.8) is 0 Å². The lowest BCUT2D eigenvalue weighted by molar-refractivity contribution is 0.571. The number of rotatable bonds is 13. The van der Waals surface area contributed by atoms with E-state index in [-0.39, 0.29) is 0 Å². The Balaban J connectivity index is 2.42. The van der Waals surface area contributed by atoms with Crippen molar-refractivity contribution in [3.05, 3.63) is 94.5 Å². The predicted octanol–water partition coefficient (Wildman–Crippen LogP) is 9.52. The van der Waals surface area contributed by atoms with Crippen LogP contribution in [0.3, 0.4) is 0 Å². The number of hydrogen-bond donors (Lipinski definition) is 1. The van der Waals surface area contributed by atoms with E-state index in [1.54, 1.807) is 0 Å².